The van der Waals surface area contributed by atoms with Crippen LogP contribution in [0.4, 0.5) is 0 Å². The normalized spacial score (nSPS) is 16.4. The maximum Gasteiger partial charge on any atom is 0.270 e. The van der Waals surface area contributed by atoms with Crippen LogP contribution in [0.3, 0.4) is 0 Å². The van der Waals surface area contributed by atoms with E-state index in [4.69, 9.17) is 11.6 Å². The van der Waals surface area contributed by atoms with Gasteiger partial charge >= 0.3 is 0 Å². The topological polar surface area (TPSA) is 57.8 Å². The van der Waals surface area contributed by atoms with Gasteiger partial charge in [0.25, 0.3) is 5.91 Å². The number of halogens is 1. The Morgan fingerprint density at radius 1 is 1.00 bits per heavy atom. The zero-order valence-corrected chi connectivity index (χ0v) is 12.3. The van der Waals surface area contributed by atoms with Crippen LogP contribution in [0.25, 0.3) is 11.3 Å². The van der Waals surface area contributed by atoms with Gasteiger partial charge in [0.1, 0.15) is 5.69 Å². The molecule has 22 heavy (non-hydrogen) atoms. The van der Waals surface area contributed by atoms with Crippen molar-refractivity contribution in [1.29, 1.82) is 0 Å². The molecule has 4 nitrogen and oxygen atoms in total. The third-order valence-corrected chi connectivity index (χ3v) is 4.10. The van der Waals surface area contributed by atoms with E-state index in [1.807, 2.05) is 54.6 Å². The molecule has 0 bridgehead atoms. The van der Waals surface area contributed by atoms with Crippen molar-refractivity contribution < 1.29 is 4.79 Å². The molecule has 0 radical (unpaired) electrons. The Morgan fingerprint density at radius 3 is 2.45 bits per heavy atom. The number of hydrogen-bond acceptors (Lipinski definition) is 2. The van der Waals surface area contributed by atoms with Gasteiger partial charge in [-0.15, -0.1) is 0 Å². The number of carbonyl (C=O) groups excluding carboxylic acids is 1. The molecule has 1 amide bonds. The number of carbonyl (C=O) groups is 1. The lowest BCUT2D eigenvalue weighted by molar-refractivity contribution is 0.0955. The van der Waals surface area contributed by atoms with Crippen LogP contribution in [0.2, 0.25) is 5.02 Å². The molecule has 0 aliphatic carbocycles. The molecule has 1 atom stereocenters. The molecule has 0 fully saturated rings. The molecule has 2 N–H and O–H groups in total. The summed E-state index contributed by atoms with van der Waals surface area (Å²) in [6, 6.07) is 17.1. The second-order valence-corrected chi connectivity index (χ2v) is 5.62. The molecule has 3 aromatic rings. The fourth-order valence-corrected chi connectivity index (χ4v) is 2.93. The van der Waals surface area contributed by atoms with Gasteiger partial charge in [0, 0.05) is 16.1 Å². The van der Waals surface area contributed by atoms with E-state index in [0.717, 1.165) is 22.4 Å². The summed E-state index contributed by atoms with van der Waals surface area (Å²) in [5, 5.41) is 10.9. The van der Waals surface area contributed by atoms with Gasteiger partial charge in [0.15, 0.2) is 0 Å². The lowest BCUT2D eigenvalue weighted by Gasteiger charge is -2.13. The summed E-state index contributed by atoms with van der Waals surface area (Å²) in [5.74, 6) is -0.135. The van der Waals surface area contributed by atoms with E-state index in [9.17, 15) is 4.79 Å². The zero-order chi connectivity index (χ0) is 15.1. The smallest absolute Gasteiger partial charge is 0.270 e. The van der Waals surface area contributed by atoms with Gasteiger partial charge < -0.3 is 5.32 Å². The van der Waals surface area contributed by atoms with Crippen LogP contribution in [0.15, 0.2) is 54.6 Å². The van der Waals surface area contributed by atoms with Crippen LogP contribution >= 0.6 is 11.6 Å². The van der Waals surface area contributed by atoms with Crippen LogP contribution in [-0.2, 0) is 0 Å². The van der Waals surface area contributed by atoms with Crippen molar-refractivity contribution in [3.63, 3.8) is 0 Å². The Bertz CT molecular complexity index is 840. The highest BCUT2D eigenvalue weighted by atomic mass is 35.5. The summed E-state index contributed by atoms with van der Waals surface area (Å²) in [7, 11) is 0. The van der Waals surface area contributed by atoms with E-state index in [-0.39, 0.29) is 11.9 Å². The highest BCUT2D eigenvalue weighted by Gasteiger charge is 2.35. The predicted molar refractivity (Wildman–Crippen MR) is 84.8 cm³/mol. The first kappa shape index (κ1) is 13.1. The summed E-state index contributed by atoms with van der Waals surface area (Å²) < 4.78 is 0. The lowest BCUT2D eigenvalue weighted by atomic mass is 9.97. The SMILES string of the molecule is O=C1NC(c2ccc(Cl)cc2)c2c(-c3ccccc3)n[nH]c21. The summed E-state index contributed by atoms with van der Waals surface area (Å²) in [6.07, 6.45) is 0. The Balaban J connectivity index is 1.86. The number of fused-ring (bicyclic) bond motifs is 1. The molecular formula is C17H12ClN3O. The van der Waals surface area contributed by atoms with E-state index >= 15 is 0 Å². The third-order valence-electron chi connectivity index (χ3n) is 3.85. The molecule has 0 spiro atoms. The molecular weight excluding hydrogens is 298 g/mol. The summed E-state index contributed by atoms with van der Waals surface area (Å²) in [5.41, 5.74) is 4.18. The summed E-state index contributed by atoms with van der Waals surface area (Å²) >= 11 is 5.95. The fourth-order valence-electron chi connectivity index (χ4n) is 2.80. The average Bonchev–Trinajstić information content (AvgIpc) is 3.11. The second kappa shape index (κ2) is 5.00. The number of rotatable bonds is 2. The first-order chi connectivity index (χ1) is 10.7. The maximum absolute atomic E-state index is 12.2. The van der Waals surface area contributed by atoms with Crippen molar-refractivity contribution in [2.75, 3.05) is 0 Å². The maximum atomic E-state index is 12.2. The molecule has 4 rings (SSSR count). The molecule has 5 heteroatoms. The number of benzene rings is 2. The first-order valence-electron chi connectivity index (χ1n) is 6.94. The van der Waals surface area contributed by atoms with Gasteiger partial charge in [-0.2, -0.15) is 5.10 Å². The molecule has 0 saturated heterocycles. The third kappa shape index (κ3) is 2.00. The fraction of sp³-hybridized carbons (Fsp3) is 0.0588. The number of amides is 1. The number of aromatic nitrogens is 2. The van der Waals surface area contributed by atoms with Crippen LogP contribution in [-0.4, -0.2) is 16.1 Å². The Morgan fingerprint density at radius 2 is 1.73 bits per heavy atom. The molecule has 108 valence electrons. The molecule has 0 saturated carbocycles. The highest BCUT2D eigenvalue weighted by molar-refractivity contribution is 6.30. The van der Waals surface area contributed by atoms with Crippen molar-refractivity contribution in [1.82, 2.24) is 15.5 Å². The minimum Gasteiger partial charge on any atom is -0.340 e. The van der Waals surface area contributed by atoms with E-state index in [1.165, 1.54) is 0 Å². The number of hydrogen-bond donors (Lipinski definition) is 2. The first-order valence-corrected chi connectivity index (χ1v) is 7.32. The summed E-state index contributed by atoms with van der Waals surface area (Å²) in [4.78, 5) is 12.2. The quantitative estimate of drug-likeness (QED) is 0.760. The van der Waals surface area contributed by atoms with Gasteiger partial charge in [-0.05, 0) is 17.7 Å². The highest BCUT2D eigenvalue weighted by Crippen LogP contribution is 2.37. The second-order valence-electron chi connectivity index (χ2n) is 5.18. The number of aromatic amines is 1. The van der Waals surface area contributed by atoms with E-state index in [0.29, 0.717) is 10.7 Å². The van der Waals surface area contributed by atoms with E-state index < -0.39 is 0 Å². The van der Waals surface area contributed by atoms with Gasteiger partial charge in [-0.3, -0.25) is 9.89 Å². The van der Waals surface area contributed by atoms with Crippen molar-refractivity contribution >= 4 is 17.5 Å². The van der Waals surface area contributed by atoms with Crippen molar-refractivity contribution in [2.24, 2.45) is 0 Å². The molecule has 1 aliphatic heterocycles. The predicted octanol–water partition coefficient (Wildman–Crippen LogP) is 3.56. The van der Waals surface area contributed by atoms with Gasteiger partial charge in [-0.25, -0.2) is 0 Å². The minimum absolute atomic E-state index is 0.135. The standard InChI is InChI=1S/C17H12ClN3O/c18-12-8-6-11(7-9-12)14-13-15(10-4-2-1-3-5-10)20-21-16(13)17(22)19-14/h1-9,14H,(H,19,22)(H,20,21). The van der Waals surface area contributed by atoms with Crippen LogP contribution < -0.4 is 5.32 Å². The minimum atomic E-state index is -0.214. The van der Waals surface area contributed by atoms with E-state index in [2.05, 4.69) is 15.5 Å². The van der Waals surface area contributed by atoms with Crippen molar-refractivity contribution in [2.45, 2.75) is 6.04 Å². The lowest BCUT2D eigenvalue weighted by Crippen LogP contribution is -2.21. The Hall–Kier alpha value is -2.59. The number of nitrogens with zero attached hydrogens (tertiary/aromatic N) is 1. The van der Waals surface area contributed by atoms with Crippen LogP contribution in [0.5, 0.6) is 0 Å². The van der Waals surface area contributed by atoms with Gasteiger partial charge in [0.05, 0.1) is 11.7 Å². The molecule has 2 aromatic carbocycles. The van der Waals surface area contributed by atoms with Crippen LogP contribution in [0, 0.1) is 0 Å². The monoisotopic (exact) mass is 309 g/mol. The van der Waals surface area contributed by atoms with Crippen LogP contribution in [0.1, 0.15) is 27.7 Å². The molecule has 1 aliphatic rings. The Labute approximate surface area is 132 Å². The zero-order valence-electron chi connectivity index (χ0n) is 11.5. The summed E-state index contributed by atoms with van der Waals surface area (Å²) in [6.45, 7) is 0. The molecule has 1 aromatic heterocycles. The average molecular weight is 310 g/mol. The Kier molecular flexibility index (Phi) is 2.98. The van der Waals surface area contributed by atoms with Crippen molar-refractivity contribution in [3.05, 3.63) is 76.4 Å². The largest absolute Gasteiger partial charge is 0.340 e. The van der Waals surface area contributed by atoms with Gasteiger partial charge in [0.2, 0.25) is 0 Å². The van der Waals surface area contributed by atoms with E-state index in [1.54, 1.807) is 0 Å². The number of nitrogens with one attached hydrogen (secondary N) is 2. The van der Waals surface area contributed by atoms with Crippen molar-refractivity contribution in [3.8, 4) is 11.3 Å². The molecule has 1 unspecified atom stereocenters. The van der Waals surface area contributed by atoms with Gasteiger partial charge in [-0.1, -0.05) is 54.1 Å². The molecule has 2 heterocycles. The number of H-pyrrole nitrogens is 1.